The van der Waals surface area contributed by atoms with Crippen LogP contribution >= 0.6 is 11.6 Å². The number of alkyl halides is 3. The van der Waals surface area contributed by atoms with Crippen LogP contribution in [0.3, 0.4) is 0 Å². The van der Waals surface area contributed by atoms with Crippen molar-refractivity contribution in [2.45, 2.75) is 18.3 Å². The van der Waals surface area contributed by atoms with Gasteiger partial charge in [0.25, 0.3) is 5.91 Å². The Morgan fingerprint density at radius 3 is 2.56 bits per heavy atom. The van der Waals surface area contributed by atoms with Crippen molar-refractivity contribution in [3.63, 3.8) is 0 Å². The van der Waals surface area contributed by atoms with Crippen LogP contribution in [0.4, 0.5) is 17.6 Å². The SMILES string of the molecule is O=C(O)c1ccc(C2=NN(C(=O)c3c(Cl)cccc3C(F)(F)F)C3C=CC=NC23)c(F)c1. The lowest BCUT2D eigenvalue weighted by Crippen LogP contribution is -2.40. The van der Waals surface area contributed by atoms with Crippen LogP contribution in [0.5, 0.6) is 0 Å². The maximum atomic E-state index is 14.7. The zero-order valence-electron chi connectivity index (χ0n) is 15.8. The van der Waals surface area contributed by atoms with Gasteiger partial charge in [0, 0.05) is 11.8 Å². The first kappa shape index (κ1) is 21.7. The van der Waals surface area contributed by atoms with Crippen LogP contribution in [0.25, 0.3) is 0 Å². The summed E-state index contributed by atoms with van der Waals surface area (Å²) >= 11 is 5.95. The third-order valence-electron chi connectivity index (χ3n) is 4.98. The van der Waals surface area contributed by atoms with E-state index < -0.39 is 52.1 Å². The minimum absolute atomic E-state index is 0.0287. The predicted octanol–water partition coefficient (Wildman–Crippen LogP) is 4.43. The van der Waals surface area contributed by atoms with Gasteiger partial charge in [0.05, 0.1) is 27.4 Å². The fourth-order valence-corrected chi connectivity index (χ4v) is 3.79. The number of dihydropyridines is 1. The second-order valence-corrected chi connectivity index (χ2v) is 7.32. The van der Waals surface area contributed by atoms with Gasteiger partial charge in [-0.1, -0.05) is 23.7 Å². The maximum Gasteiger partial charge on any atom is 0.417 e. The Balaban J connectivity index is 1.82. The number of hydrazone groups is 1. The van der Waals surface area contributed by atoms with Gasteiger partial charge in [0.15, 0.2) is 0 Å². The molecular weight excluding hydrogens is 454 g/mol. The number of carboxylic acid groups (broad SMARTS) is 1. The minimum atomic E-state index is -4.85. The second-order valence-electron chi connectivity index (χ2n) is 6.91. The summed E-state index contributed by atoms with van der Waals surface area (Å²) in [4.78, 5) is 28.4. The summed E-state index contributed by atoms with van der Waals surface area (Å²) in [6.45, 7) is 0. The summed E-state index contributed by atoms with van der Waals surface area (Å²) in [6.07, 6.45) is -0.466. The van der Waals surface area contributed by atoms with E-state index in [0.717, 1.165) is 35.3 Å². The number of nitrogens with zero attached hydrogens (tertiary/aromatic N) is 3. The van der Waals surface area contributed by atoms with Gasteiger partial charge in [0.1, 0.15) is 17.9 Å². The number of rotatable bonds is 3. The standard InChI is InChI=1S/C21H12ClF4N3O3/c22-13-4-1-3-12(21(24,25)26)16(13)19(30)29-15-5-2-8-27-18(15)17(28-29)11-7-6-10(20(31)32)9-14(11)23/h1-9,15,18H,(H,31,32). The molecule has 0 bridgehead atoms. The first-order valence-electron chi connectivity index (χ1n) is 9.10. The Hall–Kier alpha value is -3.53. The smallest absolute Gasteiger partial charge is 0.417 e. The van der Waals surface area contributed by atoms with Crippen molar-refractivity contribution >= 4 is 35.4 Å². The van der Waals surface area contributed by atoms with Crippen LogP contribution in [-0.2, 0) is 6.18 Å². The van der Waals surface area contributed by atoms with E-state index in [4.69, 9.17) is 16.7 Å². The van der Waals surface area contributed by atoms with Gasteiger partial charge < -0.3 is 5.11 Å². The number of hydrogen-bond donors (Lipinski definition) is 1. The normalized spacial score (nSPS) is 19.7. The number of carbonyl (C=O) groups excluding carboxylic acids is 1. The number of allylic oxidation sites excluding steroid dienone is 1. The average Bonchev–Trinajstić information content (AvgIpc) is 3.12. The van der Waals surface area contributed by atoms with Crippen molar-refractivity contribution in [1.29, 1.82) is 0 Å². The molecule has 11 heteroatoms. The minimum Gasteiger partial charge on any atom is -0.478 e. The third-order valence-corrected chi connectivity index (χ3v) is 5.29. The topological polar surface area (TPSA) is 82.3 Å². The molecule has 0 radical (unpaired) electrons. The molecule has 0 fully saturated rings. The number of benzene rings is 2. The fraction of sp³-hybridized carbons (Fsp3) is 0.143. The van der Waals surface area contributed by atoms with E-state index in [1.165, 1.54) is 24.4 Å². The number of amides is 1. The molecule has 164 valence electrons. The molecule has 2 aromatic rings. The monoisotopic (exact) mass is 465 g/mol. The van der Waals surface area contributed by atoms with E-state index in [0.29, 0.717) is 0 Å². The van der Waals surface area contributed by atoms with Crippen LogP contribution < -0.4 is 0 Å². The van der Waals surface area contributed by atoms with Crippen molar-refractivity contribution in [1.82, 2.24) is 5.01 Å². The number of hydrogen-bond acceptors (Lipinski definition) is 4. The number of carbonyl (C=O) groups is 2. The van der Waals surface area contributed by atoms with E-state index in [9.17, 15) is 27.2 Å². The van der Waals surface area contributed by atoms with E-state index in [1.807, 2.05) is 0 Å². The molecule has 2 unspecified atom stereocenters. The molecule has 6 nitrogen and oxygen atoms in total. The number of halogens is 5. The molecule has 2 aliphatic rings. The van der Waals surface area contributed by atoms with Gasteiger partial charge in [-0.05, 0) is 36.4 Å². The number of aliphatic imine (C=N–C) groups is 1. The molecule has 4 rings (SSSR count). The van der Waals surface area contributed by atoms with Gasteiger partial charge in [-0.15, -0.1) is 0 Å². The van der Waals surface area contributed by atoms with Gasteiger partial charge in [-0.25, -0.2) is 14.2 Å². The molecule has 2 aromatic carbocycles. The van der Waals surface area contributed by atoms with Crippen LogP contribution in [0.2, 0.25) is 5.02 Å². The Kier molecular flexibility index (Phi) is 5.33. The second kappa shape index (κ2) is 7.86. The van der Waals surface area contributed by atoms with Crippen molar-refractivity contribution in [2.24, 2.45) is 10.1 Å². The molecule has 0 spiro atoms. The summed E-state index contributed by atoms with van der Waals surface area (Å²) in [5, 5.41) is 13.5. The maximum absolute atomic E-state index is 14.7. The Labute approximate surface area is 183 Å². The van der Waals surface area contributed by atoms with Crippen molar-refractivity contribution in [2.75, 3.05) is 0 Å². The Bertz CT molecular complexity index is 1220. The highest BCUT2D eigenvalue weighted by Gasteiger charge is 2.44. The predicted molar refractivity (Wildman–Crippen MR) is 108 cm³/mol. The summed E-state index contributed by atoms with van der Waals surface area (Å²) in [5.41, 5.74) is -2.46. The molecule has 1 amide bonds. The highest BCUT2D eigenvalue weighted by Crippen LogP contribution is 2.37. The number of fused-ring (bicyclic) bond motifs is 1. The van der Waals surface area contributed by atoms with E-state index >= 15 is 0 Å². The van der Waals surface area contributed by atoms with E-state index in [2.05, 4.69) is 10.1 Å². The molecule has 0 aliphatic carbocycles. The lowest BCUT2D eigenvalue weighted by molar-refractivity contribution is -0.138. The van der Waals surface area contributed by atoms with Gasteiger partial charge in [0.2, 0.25) is 0 Å². The van der Waals surface area contributed by atoms with Crippen molar-refractivity contribution in [3.05, 3.63) is 81.6 Å². The Morgan fingerprint density at radius 2 is 1.91 bits per heavy atom. The lowest BCUT2D eigenvalue weighted by Gasteiger charge is -2.25. The van der Waals surface area contributed by atoms with E-state index in [-0.39, 0.29) is 16.8 Å². The summed E-state index contributed by atoms with van der Waals surface area (Å²) < 4.78 is 55.2. The summed E-state index contributed by atoms with van der Waals surface area (Å²) in [6, 6.07) is 4.27. The van der Waals surface area contributed by atoms with Gasteiger partial charge in [-0.2, -0.15) is 18.3 Å². The average molecular weight is 466 g/mol. The molecule has 1 N–H and O–H groups in total. The molecule has 0 saturated heterocycles. The van der Waals surface area contributed by atoms with Crippen molar-refractivity contribution in [3.8, 4) is 0 Å². The molecule has 32 heavy (non-hydrogen) atoms. The molecule has 0 aromatic heterocycles. The Morgan fingerprint density at radius 1 is 1.16 bits per heavy atom. The highest BCUT2D eigenvalue weighted by atomic mass is 35.5. The number of carboxylic acids is 1. The zero-order valence-corrected chi connectivity index (χ0v) is 16.6. The first-order valence-corrected chi connectivity index (χ1v) is 9.48. The summed E-state index contributed by atoms with van der Waals surface area (Å²) in [5.74, 6) is -3.39. The third kappa shape index (κ3) is 3.66. The van der Waals surface area contributed by atoms with Crippen LogP contribution in [0, 0.1) is 5.82 Å². The molecule has 2 heterocycles. The van der Waals surface area contributed by atoms with Gasteiger partial charge >= 0.3 is 12.1 Å². The first-order chi connectivity index (χ1) is 15.1. The zero-order chi connectivity index (χ0) is 23.2. The molecule has 2 atom stereocenters. The lowest BCUT2D eigenvalue weighted by atomic mass is 9.95. The van der Waals surface area contributed by atoms with Crippen LogP contribution in [0.15, 0.2) is 58.6 Å². The van der Waals surface area contributed by atoms with Gasteiger partial charge in [-0.3, -0.25) is 9.79 Å². The van der Waals surface area contributed by atoms with E-state index in [1.54, 1.807) is 0 Å². The molecule has 0 saturated carbocycles. The highest BCUT2D eigenvalue weighted by molar-refractivity contribution is 6.34. The van der Waals surface area contributed by atoms with Crippen molar-refractivity contribution < 1.29 is 32.3 Å². The number of aromatic carboxylic acids is 1. The quantitative estimate of drug-likeness (QED) is 0.681. The molecule has 2 aliphatic heterocycles. The van der Waals surface area contributed by atoms with Crippen LogP contribution in [0.1, 0.15) is 31.8 Å². The largest absolute Gasteiger partial charge is 0.478 e. The molecular formula is C21H12ClF4N3O3. The fourth-order valence-electron chi connectivity index (χ4n) is 3.53. The summed E-state index contributed by atoms with van der Waals surface area (Å²) in [7, 11) is 0. The van der Waals surface area contributed by atoms with Crippen LogP contribution in [-0.4, -0.2) is 46.0 Å².